The van der Waals surface area contributed by atoms with Gasteiger partial charge >= 0.3 is 0 Å². The Morgan fingerprint density at radius 1 is 0.390 bits per heavy atom. The molecular weight excluding hydrogens is 552 g/mol. The molecule has 0 rings (SSSR count). The van der Waals surface area contributed by atoms with Crippen LogP contribution in [0, 0.1) is 0 Å². The van der Waals surface area contributed by atoms with Crippen molar-refractivity contribution >= 4 is 8.32 Å². The Morgan fingerprint density at radius 3 is 0.829 bits per heavy atom. The lowest BCUT2D eigenvalue weighted by molar-refractivity contribution is -0.0281. The lowest BCUT2D eigenvalue weighted by Crippen LogP contribution is -2.41. The van der Waals surface area contributed by atoms with Crippen LogP contribution in [-0.4, -0.2) is 147 Å². The summed E-state index contributed by atoms with van der Waals surface area (Å²) in [7, 11) is -1.69. The van der Waals surface area contributed by atoms with E-state index in [1.54, 1.807) is 0 Å². The van der Waals surface area contributed by atoms with Crippen LogP contribution in [0.3, 0.4) is 0 Å². The van der Waals surface area contributed by atoms with E-state index in [2.05, 4.69) is 33.9 Å². The molecule has 0 spiro atoms. The summed E-state index contributed by atoms with van der Waals surface area (Å²) >= 11 is 0. The summed E-state index contributed by atoms with van der Waals surface area (Å²) in [6.07, 6.45) is 0.235. The standard InChI is InChI=1S/C29H62O11Si/c1-28(2)39-26-24-37-22-20-35-18-16-33-14-12-31-10-8-30-9-11-32-13-15-34-17-19-36-21-23-38-25-27-40-41(6,7)29(3,4)5/h28H,8-27H2,1-7H3. The van der Waals surface area contributed by atoms with Gasteiger partial charge in [0.2, 0.25) is 0 Å². The molecule has 0 atom stereocenters. The molecule has 0 bridgehead atoms. The molecule has 0 amide bonds. The minimum Gasteiger partial charge on any atom is -0.414 e. The van der Waals surface area contributed by atoms with Crippen LogP contribution in [0.2, 0.25) is 18.1 Å². The van der Waals surface area contributed by atoms with Gasteiger partial charge in [-0.1, -0.05) is 20.8 Å². The van der Waals surface area contributed by atoms with Gasteiger partial charge in [-0.05, 0) is 32.0 Å². The third-order valence-electron chi connectivity index (χ3n) is 6.15. The van der Waals surface area contributed by atoms with E-state index in [0.717, 1.165) is 0 Å². The van der Waals surface area contributed by atoms with Crippen LogP contribution < -0.4 is 0 Å². The van der Waals surface area contributed by atoms with E-state index in [9.17, 15) is 0 Å². The van der Waals surface area contributed by atoms with Crippen LogP contribution in [0.5, 0.6) is 0 Å². The van der Waals surface area contributed by atoms with Gasteiger partial charge in [0.05, 0.1) is 138 Å². The van der Waals surface area contributed by atoms with Gasteiger partial charge in [-0.2, -0.15) is 0 Å². The van der Waals surface area contributed by atoms with Crippen molar-refractivity contribution in [3.8, 4) is 0 Å². The second kappa shape index (κ2) is 28.5. The van der Waals surface area contributed by atoms with E-state index in [4.69, 9.17) is 51.8 Å². The van der Waals surface area contributed by atoms with Gasteiger partial charge < -0.3 is 51.8 Å². The highest BCUT2D eigenvalue weighted by Gasteiger charge is 2.36. The number of rotatable bonds is 32. The molecule has 0 radical (unpaired) electrons. The summed E-state index contributed by atoms with van der Waals surface area (Å²) in [5.74, 6) is 0. The molecule has 0 aromatic carbocycles. The van der Waals surface area contributed by atoms with Crippen LogP contribution in [0.25, 0.3) is 0 Å². The Balaban J connectivity index is 3.13. The molecule has 0 aliphatic rings. The molecule has 11 nitrogen and oxygen atoms in total. The molecule has 248 valence electrons. The van der Waals surface area contributed by atoms with Gasteiger partial charge in [0, 0.05) is 0 Å². The Kier molecular flexibility index (Phi) is 28.4. The van der Waals surface area contributed by atoms with E-state index >= 15 is 0 Å². The van der Waals surface area contributed by atoms with Crippen molar-refractivity contribution in [3.63, 3.8) is 0 Å². The van der Waals surface area contributed by atoms with Gasteiger partial charge in [0.25, 0.3) is 0 Å². The average molecular weight is 615 g/mol. The largest absolute Gasteiger partial charge is 0.414 e. The Hall–Kier alpha value is -0.223. The lowest BCUT2D eigenvalue weighted by Gasteiger charge is -2.36. The van der Waals surface area contributed by atoms with E-state index in [0.29, 0.717) is 132 Å². The molecule has 0 aromatic heterocycles. The van der Waals surface area contributed by atoms with Crippen molar-refractivity contribution in [1.82, 2.24) is 0 Å². The average Bonchev–Trinajstić information content (AvgIpc) is 2.91. The molecule has 12 heteroatoms. The van der Waals surface area contributed by atoms with Gasteiger partial charge in [0.1, 0.15) is 0 Å². The van der Waals surface area contributed by atoms with Crippen LogP contribution >= 0.6 is 0 Å². The van der Waals surface area contributed by atoms with Gasteiger partial charge in [-0.3, -0.25) is 0 Å². The monoisotopic (exact) mass is 614 g/mol. The fourth-order valence-corrected chi connectivity index (χ4v) is 3.80. The number of hydrogen-bond acceptors (Lipinski definition) is 11. The zero-order valence-corrected chi connectivity index (χ0v) is 28.2. The van der Waals surface area contributed by atoms with Crippen LogP contribution in [-0.2, 0) is 51.8 Å². The first-order chi connectivity index (χ1) is 19.7. The summed E-state index contributed by atoms with van der Waals surface area (Å²) in [5, 5.41) is 0.221. The fourth-order valence-electron chi connectivity index (χ4n) is 2.78. The first-order valence-electron chi connectivity index (χ1n) is 15.1. The second-order valence-electron chi connectivity index (χ2n) is 11.0. The third kappa shape index (κ3) is 29.6. The molecule has 0 saturated carbocycles. The Labute approximate surface area is 251 Å². The summed E-state index contributed by atoms with van der Waals surface area (Å²) in [6.45, 7) is 26.2. The smallest absolute Gasteiger partial charge is 0.192 e. The van der Waals surface area contributed by atoms with Crippen molar-refractivity contribution in [2.75, 3.05) is 132 Å². The summed E-state index contributed by atoms with van der Waals surface area (Å²) in [6, 6.07) is 0. The molecule has 0 aliphatic carbocycles. The third-order valence-corrected chi connectivity index (χ3v) is 10.7. The van der Waals surface area contributed by atoms with E-state index in [1.807, 2.05) is 13.8 Å². The Morgan fingerprint density at radius 2 is 0.610 bits per heavy atom. The maximum absolute atomic E-state index is 6.07. The SMILES string of the molecule is CC(C)OCCOCCOCCOCCOCCOCCOCCOCCOCCOCCO[Si](C)(C)C(C)(C)C. The van der Waals surface area contributed by atoms with Crippen molar-refractivity contribution in [2.45, 2.75) is 58.9 Å². The zero-order chi connectivity index (χ0) is 30.5. The van der Waals surface area contributed by atoms with E-state index < -0.39 is 8.32 Å². The molecule has 0 saturated heterocycles. The maximum Gasteiger partial charge on any atom is 0.192 e. The summed E-state index contributed by atoms with van der Waals surface area (Å²) < 4.78 is 60.8. The quantitative estimate of drug-likeness (QED) is 0.0821. The minimum atomic E-state index is -1.69. The molecule has 0 aromatic rings. The van der Waals surface area contributed by atoms with Crippen molar-refractivity contribution in [1.29, 1.82) is 0 Å². The van der Waals surface area contributed by atoms with E-state index in [1.165, 1.54) is 0 Å². The summed E-state index contributed by atoms with van der Waals surface area (Å²) in [5.41, 5.74) is 0. The minimum absolute atomic E-state index is 0.221. The molecule has 41 heavy (non-hydrogen) atoms. The first kappa shape index (κ1) is 40.8. The second-order valence-corrected chi connectivity index (χ2v) is 15.8. The number of ether oxygens (including phenoxy) is 10. The zero-order valence-electron chi connectivity index (χ0n) is 27.2. The fraction of sp³-hybridized carbons (Fsp3) is 1.00. The van der Waals surface area contributed by atoms with Crippen LogP contribution in [0.1, 0.15) is 34.6 Å². The number of hydrogen-bond donors (Lipinski definition) is 0. The normalized spacial score (nSPS) is 12.6. The predicted molar refractivity (Wildman–Crippen MR) is 162 cm³/mol. The Bertz CT molecular complexity index is 533. The molecule has 0 aliphatic heterocycles. The van der Waals surface area contributed by atoms with Gasteiger partial charge in [0.15, 0.2) is 8.32 Å². The molecule has 0 fully saturated rings. The topological polar surface area (TPSA) is 102 Å². The first-order valence-corrected chi connectivity index (χ1v) is 18.0. The van der Waals surface area contributed by atoms with Crippen molar-refractivity contribution < 1.29 is 51.8 Å². The van der Waals surface area contributed by atoms with Crippen molar-refractivity contribution in [3.05, 3.63) is 0 Å². The lowest BCUT2D eigenvalue weighted by atomic mass is 10.2. The highest BCUT2D eigenvalue weighted by molar-refractivity contribution is 6.74. The predicted octanol–water partition coefficient (Wildman–Crippen LogP) is 3.58. The molecular formula is C29H62O11Si. The molecule has 0 N–H and O–H groups in total. The molecule has 0 unspecified atom stereocenters. The van der Waals surface area contributed by atoms with Crippen molar-refractivity contribution in [2.24, 2.45) is 0 Å². The van der Waals surface area contributed by atoms with Gasteiger partial charge in [-0.25, -0.2) is 0 Å². The summed E-state index contributed by atoms with van der Waals surface area (Å²) in [4.78, 5) is 0. The van der Waals surface area contributed by atoms with Crippen LogP contribution in [0.4, 0.5) is 0 Å². The van der Waals surface area contributed by atoms with Gasteiger partial charge in [-0.15, -0.1) is 0 Å². The highest BCUT2D eigenvalue weighted by Crippen LogP contribution is 2.36. The van der Waals surface area contributed by atoms with E-state index in [-0.39, 0.29) is 11.1 Å². The van der Waals surface area contributed by atoms with Crippen LogP contribution in [0.15, 0.2) is 0 Å². The highest BCUT2D eigenvalue weighted by atomic mass is 28.4. The maximum atomic E-state index is 6.07. The molecule has 0 heterocycles.